The van der Waals surface area contributed by atoms with Gasteiger partial charge in [-0.3, -0.25) is 5.10 Å². The minimum atomic E-state index is -0.412. The number of hydrogen-bond acceptors (Lipinski definition) is 2. The van der Waals surface area contributed by atoms with E-state index < -0.39 is 5.82 Å². The lowest BCUT2D eigenvalue weighted by atomic mass is 10.1. The first-order chi connectivity index (χ1) is 9.20. The van der Waals surface area contributed by atoms with Crippen LogP contribution in [0.4, 0.5) is 4.39 Å². The van der Waals surface area contributed by atoms with Crippen molar-refractivity contribution in [3.05, 3.63) is 47.2 Å². The summed E-state index contributed by atoms with van der Waals surface area (Å²) in [6.45, 7) is 0. The SMILES string of the molecule is COc1ccc(-c2[nH]nc3c(Cl)cccc23)cc1F. The van der Waals surface area contributed by atoms with Gasteiger partial charge in [0.2, 0.25) is 0 Å². The number of methoxy groups -OCH3 is 1. The molecule has 0 spiro atoms. The molecule has 2 aromatic carbocycles. The summed E-state index contributed by atoms with van der Waals surface area (Å²) in [4.78, 5) is 0. The third kappa shape index (κ3) is 1.94. The Balaban J connectivity index is 2.19. The van der Waals surface area contributed by atoms with Gasteiger partial charge in [0.1, 0.15) is 5.52 Å². The molecule has 0 aliphatic rings. The lowest BCUT2D eigenvalue weighted by molar-refractivity contribution is 0.386. The van der Waals surface area contributed by atoms with Gasteiger partial charge in [-0.1, -0.05) is 23.7 Å². The molecule has 96 valence electrons. The zero-order chi connectivity index (χ0) is 13.4. The average Bonchev–Trinajstić information content (AvgIpc) is 2.84. The van der Waals surface area contributed by atoms with Gasteiger partial charge < -0.3 is 4.74 Å². The van der Waals surface area contributed by atoms with E-state index in [1.165, 1.54) is 13.2 Å². The van der Waals surface area contributed by atoms with E-state index in [1.54, 1.807) is 18.2 Å². The number of nitrogens with zero attached hydrogens (tertiary/aromatic N) is 1. The van der Waals surface area contributed by atoms with E-state index in [0.717, 1.165) is 11.1 Å². The third-order valence-electron chi connectivity index (χ3n) is 2.98. The van der Waals surface area contributed by atoms with Gasteiger partial charge in [-0.25, -0.2) is 4.39 Å². The van der Waals surface area contributed by atoms with Crippen LogP contribution in [0.1, 0.15) is 0 Å². The van der Waals surface area contributed by atoms with E-state index in [9.17, 15) is 4.39 Å². The molecule has 3 nitrogen and oxygen atoms in total. The summed E-state index contributed by atoms with van der Waals surface area (Å²) < 4.78 is 18.6. The molecule has 3 rings (SSSR count). The monoisotopic (exact) mass is 276 g/mol. The first kappa shape index (κ1) is 12.0. The van der Waals surface area contributed by atoms with Crippen molar-refractivity contribution in [1.29, 1.82) is 0 Å². The highest BCUT2D eigenvalue weighted by Gasteiger charge is 2.12. The Morgan fingerprint density at radius 3 is 2.84 bits per heavy atom. The maximum Gasteiger partial charge on any atom is 0.165 e. The molecule has 0 aliphatic carbocycles. The Labute approximate surface area is 114 Å². The minimum Gasteiger partial charge on any atom is -0.494 e. The standard InChI is InChI=1S/C14H10ClFN2O/c1-19-12-6-5-8(7-11(12)16)13-9-3-2-4-10(15)14(9)18-17-13/h2-7H,1H3,(H,17,18). The summed E-state index contributed by atoms with van der Waals surface area (Å²) in [5, 5.41) is 8.47. The van der Waals surface area contributed by atoms with Crippen molar-refractivity contribution in [3.8, 4) is 17.0 Å². The molecule has 0 fully saturated rings. The lowest BCUT2D eigenvalue weighted by Gasteiger charge is -2.04. The van der Waals surface area contributed by atoms with Crippen LogP contribution in [0.3, 0.4) is 0 Å². The molecule has 0 atom stereocenters. The Bertz CT molecular complexity index is 754. The molecular formula is C14H10ClFN2O. The number of H-pyrrole nitrogens is 1. The largest absolute Gasteiger partial charge is 0.494 e. The van der Waals surface area contributed by atoms with Crippen LogP contribution in [0.5, 0.6) is 5.75 Å². The van der Waals surface area contributed by atoms with Gasteiger partial charge in [-0.2, -0.15) is 5.10 Å². The molecule has 3 aromatic rings. The predicted octanol–water partition coefficient (Wildman–Crippen LogP) is 4.03. The maximum absolute atomic E-state index is 13.7. The Kier molecular flexibility index (Phi) is 2.87. The molecule has 1 aromatic heterocycles. The van der Waals surface area contributed by atoms with Crippen molar-refractivity contribution in [2.45, 2.75) is 0 Å². The quantitative estimate of drug-likeness (QED) is 0.767. The van der Waals surface area contributed by atoms with Crippen LogP contribution in [0, 0.1) is 5.82 Å². The fraction of sp³-hybridized carbons (Fsp3) is 0.0714. The van der Waals surface area contributed by atoms with Crippen LogP contribution in [-0.4, -0.2) is 17.3 Å². The number of para-hydroxylation sites is 1. The molecule has 0 aliphatic heterocycles. The van der Waals surface area contributed by atoms with E-state index in [-0.39, 0.29) is 5.75 Å². The highest BCUT2D eigenvalue weighted by atomic mass is 35.5. The number of benzene rings is 2. The van der Waals surface area contributed by atoms with Gasteiger partial charge in [-0.15, -0.1) is 0 Å². The van der Waals surface area contributed by atoms with Gasteiger partial charge in [0.15, 0.2) is 11.6 Å². The lowest BCUT2D eigenvalue weighted by Crippen LogP contribution is -1.89. The summed E-state index contributed by atoms with van der Waals surface area (Å²) >= 11 is 6.06. The normalized spacial score (nSPS) is 10.9. The molecule has 0 unspecified atom stereocenters. The Morgan fingerprint density at radius 2 is 2.11 bits per heavy atom. The summed E-state index contributed by atoms with van der Waals surface area (Å²) in [5.41, 5.74) is 2.11. The second kappa shape index (κ2) is 4.55. The molecule has 5 heteroatoms. The van der Waals surface area contributed by atoms with Crippen molar-refractivity contribution in [2.75, 3.05) is 7.11 Å². The molecule has 0 saturated heterocycles. The zero-order valence-electron chi connectivity index (χ0n) is 10.1. The average molecular weight is 277 g/mol. The summed E-state index contributed by atoms with van der Waals surface area (Å²) in [5.74, 6) is -0.199. The molecule has 1 N–H and O–H groups in total. The fourth-order valence-electron chi connectivity index (χ4n) is 2.04. The first-order valence-electron chi connectivity index (χ1n) is 5.67. The van der Waals surface area contributed by atoms with Gasteiger partial charge in [0.05, 0.1) is 17.8 Å². The number of halogens is 2. The highest BCUT2D eigenvalue weighted by molar-refractivity contribution is 6.35. The van der Waals surface area contributed by atoms with E-state index in [4.69, 9.17) is 16.3 Å². The Hall–Kier alpha value is -2.07. The Morgan fingerprint density at radius 1 is 1.26 bits per heavy atom. The predicted molar refractivity (Wildman–Crippen MR) is 73.0 cm³/mol. The van der Waals surface area contributed by atoms with Gasteiger partial charge >= 0.3 is 0 Å². The number of hydrogen-bond donors (Lipinski definition) is 1. The molecular weight excluding hydrogens is 267 g/mol. The first-order valence-corrected chi connectivity index (χ1v) is 6.05. The second-order valence-electron chi connectivity index (χ2n) is 4.08. The summed E-state index contributed by atoms with van der Waals surface area (Å²) in [6, 6.07) is 10.3. The molecule has 19 heavy (non-hydrogen) atoms. The number of fused-ring (bicyclic) bond motifs is 1. The summed E-state index contributed by atoms with van der Waals surface area (Å²) in [6.07, 6.45) is 0. The van der Waals surface area contributed by atoms with E-state index in [0.29, 0.717) is 16.1 Å². The van der Waals surface area contributed by atoms with Crippen LogP contribution in [0.2, 0.25) is 5.02 Å². The van der Waals surface area contributed by atoms with Crippen LogP contribution >= 0.6 is 11.6 Å². The van der Waals surface area contributed by atoms with Crippen molar-refractivity contribution < 1.29 is 9.13 Å². The van der Waals surface area contributed by atoms with Crippen LogP contribution < -0.4 is 4.74 Å². The summed E-state index contributed by atoms with van der Waals surface area (Å²) in [7, 11) is 1.43. The maximum atomic E-state index is 13.7. The number of aromatic nitrogens is 2. The van der Waals surface area contributed by atoms with E-state index in [2.05, 4.69) is 10.2 Å². The fourth-order valence-corrected chi connectivity index (χ4v) is 2.26. The van der Waals surface area contributed by atoms with Crippen molar-refractivity contribution >= 4 is 22.5 Å². The van der Waals surface area contributed by atoms with Gasteiger partial charge in [0.25, 0.3) is 0 Å². The number of aromatic amines is 1. The molecule has 0 radical (unpaired) electrons. The van der Waals surface area contributed by atoms with Crippen molar-refractivity contribution in [3.63, 3.8) is 0 Å². The number of nitrogens with one attached hydrogen (secondary N) is 1. The molecule has 1 heterocycles. The minimum absolute atomic E-state index is 0.214. The molecule has 0 saturated carbocycles. The van der Waals surface area contributed by atoms with E-state index in [1.807, 2.05) is 12.1 Å². The smallest absolute Gasteiger partial charge is 0.165 e. The van der Waals surface area contributed by atoms with Crippen molar-refractivity contribution in [1.82, 2.24) is 10.2 Å². The second-order valence-corrected chi connectivity index (χ2v) is 4.49. The van der Waals surface area contributed by atoms with Gasteiger partial charge in [-0.05, 0) is 24.3 Å². The van der Waals surface area contributed by atoms with Crippen LogP contribution in [0.25, 0.3) is 22.2 Å². The highest BCUT2D eigenvalue weighted by Crippen LogP contribution is 2.31. The molecule has 0 bridgehead atoms. The van der Waals surface area contributed by atoms with E-state index >= 15 is 0 Å². The number of rotatable bonds is 2. The van der Waals surface area contributed by atoms with Crippen LogP contribution in [0.15, 0.2) is 36.4 Å². The topological polar surface area (TPSA) is 37.9 Å². The third-order valence-corrected chi connectivity index (χ3v) is 3.28. The molecule has 0 amide bonds. The van der Waals surface area contributed by atoms with Gasteiger partial charge in [0, 0.05) is 10.9 Å². The van der Waals surface area contributed by atoms with Crippen molar-refractivity contribution in [2.24, 2.45) is 0 Å². The van der Waals surface area contributed by atoms with Crippen LogP contribution in [-0.2, 0) is 0 Å². The number of ether oxygens (including phenoxy) is 1. The zero-order valence-corrected chi connectivity index (χ0v) is 10.8.